The van der Waals surface area contributed by atoms with E-state index in [2.05, 4.69) is 43.5 Å². The summed E-state index contributed by atoms with van der Waals surface area (Å²) in [4.78, 5) is 60.8. The quantitative estimate of drug-likeness (QED) is 0.118. The Balaban J connectivity index is 1.81. The molecule has 12 nitrogen and oxygen atoms in total. The van der Waals surface area contributed by atoms with Gasteiger partial charge in [-0.15, -0.1) is 0 Å². The Morgan fingerprint density at radius 2 is 1.72 bits per heavy atom. The Labute approximate surface area is 235 Å². The first-order valence-electron chi connectivity index (χ1n) is 12.2. The van der Waals surface area contributed by atoms with Crippen molar-refractivity contribution in [2.75, 3.05) is 17.8 Å². The molecule has 4 atom stereocenters. The molecule has 2 aromatic heterocycles. The smallest absolute Gasteiger partial charge is 0.327 e. The number of carbonyl (C=O) groups excluding carboxylic acids is 3. The molecule has 3 aromatic rings. The fourth-order valence-corrected chi connectivity index (χ4v) is 4.69. The minimum atomic E-state index is -1.23. The minimum Gasteiger partial charge on any atom is -0.480 e. The van der Waals surface area contributed by atoms with Gasteiger partial charge in [0.15, 0.2) is 0 Å². The van der Waals surface area contributed by atoms with Gasteiger partial charge in [0.2, 0.25) is 17.7 Å². The molecule has 0 bridgehead atoms. The maximum Gasteiger partial charge on any atom is 0.327 e. The highest BCUT2D eigenvalue weighted by Crippen LogP contribution is 2.19. The van der Waals surface area contributed by atoms with Crippen molar-refractivity contribution >= 4 is 59.0 Å². The topological polar surface area (TPSA) is 195 Å². The van der Waals surface area contributed by atoms with Crippen molar-refractivity contribution in [2.24, 2.45) is 5.73 Å². The molecule has 3 amide bonds. The summed E-state index contributed by atoms with van der Waals surface area (Å²) < 4.78 is 0. The van der Waals surface area contributed by atoms with Crippen LogP contribution in [0.2, 0.25) is 0 Å². The van der Waals surface area contributed by atoms with Crippen LogP contribution in [0, 0.1) is 0 Å². The number of fused-ring (bicyclic) bond motifs is 1. The number of imidazole rings is 1. The molecule has 0 aliphatic rings. The number of carboxylic acid groups (broad SMARTS) is 1. The van der Waals surface area contributed by atoms with E-state index in [1.165, 1.54) is 18.1 Å². The molecule has 210 valence electrons. The van der Waals surface area contributed by atoms with Crippen LogP contribution in [0.15, 0.2) is 43.0 Å². The molecule has 0 saturated carbocycles. The van der Waals surface area contributed by atoms with Crippen LogP contribution >= 0.6 is 24.4 Å². The Bertz CT molecular complexity index is 1270. The van der Waals surface area contributed by atoms with Gasteiger partial charge < -0.3 is 36.8 Å². The van der Waals surface area contributed by atoms with Crippen LogP contribution in [-0.4, -0.2) is 85.7 Å². The second-order valence-electron chi connectivity index (χ2n) is 8.94. The van der Waals surface area contributed by atoms with Crippen LogP contribution in [0.3, 0.4) is 0 Å². The number of rotatable bonds is 15. The second kappa shape index (κ2) is 14.6. The number of aliphatic carboxylic acids is 1. The number of thioether (sulfide) groups is 1. The lowest BCUT2D eigenvalue weighted by atomic mass is 10.0. The normalized spacial score (nSPS) is 14.2. The van der Waals surface area contributed by atoms with E-state index < -0.39 is 47.9 Å². The number of amides is 3. The van der Waals surface area contributed by atoms with E-state index >= 15 is 0 Å². The first-order valence-corrected chi connectivity index (χ1v) is 14.3. The molecule has 39 heavy (non-hydrogen) atoms. The highest BCUT2D eigenvalue weighted by Gasteiger charge is 2.30. The van der Waals surface area contributed by atoms with E-state index in [0.717, 1.165) is 16.5 Å². The van der Waals surface area contributed by atoms with Crippen molar-refractivity contribution in [3.8, 4) is 0 Å². The molecule has 3 rings (SSSR count). The van der Waals surface area contributed by atoms with Crippen LogP contribution < -0.4 is 21.7 Å². The number of hydrogen-bond donors (Lipinski definition) is 8. The third-order valence-electron chi connectivity index (χ3n) is 6.10. The fourth-order valence-electron chi connectivity index (χ4n) is 3.97. The number of benzene rings is 1. The molecule has 2 heterocycles. The van der Waals surface area contributed by atoms with Crippen molar-refractivity contribution in [3.05, 3.63) is 54.2 Å². The number of aromatic nitrogens is 3. The molecule has 8 N–H and O–H groups in total. The molecule has 0 saturated heterocycles. The van der Waals surface area contributed by atoms with Crippen LogP contribution in [0.4, 0.5) is 0 Å². The number of aromatic amines is 2. The molecule has 14 heteroatoms. The van der Waals surface area contributed by atoms with Crippen LogP contribution in [0.1, 0.15) is 17.7 Å². The van der Waals surface area contributed by atoms with E-state index in [1.807, 2.05) is 30.5 Å². The lowest BCUT2D eigenvalue weighted by molar-refractivity contribution is -0.141. The molecule has 0 radical (unpaired) electrons. The van der Waals surface area contributed by atoms with Crippen molar-refractivity contribution in [2.45, 2.75) is 43.4 Å². The van der Waals surface area contributed by atoms with Gasteiger partial charge in [-0.2, -0.15) is 24.4 Å². The molecule has 0 spiro atoms. The van der Waals surface area contributed by atoms with Gasteiger partial charge in [-0.3, -0.25) is 14.4 Å². The molecule has 0 aliphatic carbocycles. The number of carboxylic acids is 1. The molecule has 0 fully saturated rings. The highest BCUT2D eigenvalue weighted by molar-refractivity contribution is 7.98. The standard InChI is InChI=1S/C25H33N7O5S2/c1-39-7-6-19(23(34)32-21(12-38)25(36)37)30-24(35)20(8-14-10-28-18-5-3-2-4-16(14)18)31-22(33)17(26)9-15-11-27-13-29-15/h2-5,10-11,13,17,19-21,28,38H,6-9,12,26H2,1H3,(H,27,29)(H,30,35)(H,31,33)(H,32,34)(H,36,37). The van der Waals surface area contributed by atoms with Gasteiger partial charge in [0.05, 0.1) is 12.4 Å². The van der Waals surface area contributed by atoms with Crippen molar-refractivity contribution in [1.82, 2.24) is 30.9 Å². The summed E-state index contributed by atoms with van der Waals surface area (Å²) in [7, 11) is 0. The third kappa shape index (κ3) is 8.50. The monoisotopic (exact) mass is 575 g/mol. The lowest BCUT2D eigenvalue weighted by Gasteiger charge is -2.25. The van der Waals surface area contributed by atoms with Crippen molar-refractivity contribution < 1.29 is 24.3 Å². The van der Waals surface area contributed by atoms with Crippen LogP contribution in [0.25, 0.3) is 10.9 Å². The fraction of sp³-hybridized carbons (Fsp3) is 0.400. The van der Waals surface area contributed by atoms with Gasteiger partial charge >= 0.3 is 5.97 Å². The van der Waals surface area contributed by atoms with Gasteiger partial charge in [-0.1, -0.05) is 18.2 Å². The zero-order chi connectivity index (χ0) is 28.4. The molecular formula is C25H33N7O5S2. The largest absolute Gasteiger partial charge is 0.480 e. The van der Waals surface area contributed by atoms with Crippen LogP contribution in [-0.2, 0) is 32.0 Å². The number of H-pyrrole nitrogens is 2. The molecule has 0 aliphatic heterocycles. The van der Waals surface area contributed by atoms with E-state index in [-0.39, 0.29) is 25.0 Å². The zero-order valence-electron chi connectivity index (χ0n) is 21.3. The maximum atomic E-state index is 13.5. The number of thiol groups is 1. The van der Waals surface area contributed by atoms with Crippen LogP contribution in [0.5, 0.6) is 0 Å². The van der Waals surface area contributed by atoms with E-state index in [4.69, 9.17) is 5.73 Å². The lowest BCUT2D eigenvalue weighted by Crippen LogP contribution is -2.58. The summed E-state index contributed by atoms with van der Waals surface area (Å²) in [5, 5.41) is 18.0. The summed E-state index contributed by atoms with van der Waals surface area (Å²) in [6.45, 7) is 0. The number of para-hydroxylation sites is 1. The molecule has 4 unspecified atom stereocenters. The minimum absolute atomic E-state index is 0.113. The predicted octanol–water partition coefficient (Wildman–Crippen LogP) is 0.225. The number of nitrogens with one attached hydrogen (secondary N) is 5. The number of carbonyl (C=O) groups is 4. The van der Waals surface area contributed by atoms with Gasteiger partial charge in [0.25, 0.3) is 0 Å². The van der Waals surface area contributed by atoms with Gasteiger partial charge in [-0.25, -0.2) is 9.78 Å². The van der Waals surface area contributed by atoms with Gasteiger partial charge in [-0.05, 0) is 30.1 Å². The first-order chi connectivity index (χ1) is 18.7. The summed E-state index contributed by atoms with van der Waals surface area (Å²) in [5.41, 5.74) is 8.44. The average molecular weight is 576 g/mol. The van der Waals surface area contributed by atoms with Gasteiger partial charge in [0, 0.05) is 47.6 Å². The predicted molar refractivity (Wildman–Crippen MR) is 153 cm³/mol. The zero-order valence-corrected chi connectivity index (χ0v) is 23.1. The van der Waals surface area contributed by atoms with E-state index in [1.54, 1.807) is 12.4 Å². The summed E-state index contributed by atoms with van der Waals surface area (Å²) in [6.07, 6.45) is 7.24. The van der Waals surface area contributed by atoms with E-state index in [9.17, 15) is 24.3 Å². The SMILES string of the molecule is CSCCC(NC(=O)C(Cc1c[nH]c2ccccc12)NC(=O)C(N)Cc1cnc[nH]1)C(=O)NC(CS)C(=O)O. The van der Waals surface area contributed by atoms with Gasteiger partial charge in [0.1, 0.15) is 18.1 Å². The number of nitrogens with two attached hydrogens (primary N) is 1. The Kier molecular flexibility index (Phi) is 11.3. The second-order valence-corrected chi connectivity index (χ2v) is 10.3. The average Bonchev–Trinajstić information content (AvgIpc) is 3.58. The first kappa shape index (κ1) is 30.1. The van der Waals surface area contributed by atoms with Crippen molar-refractivity contribution in [3.63, 3.8) is 0 Å². The van der Waals surface area contributed by atoms with Crippen molar-refractivity contribution in [1.29, 1.82) is 0 Å². The Morgan fingerprint density at radius 1 is 1.03 bits per heavy atom. The Morgan fingerprint density at radius 3 is 2.38 bits per heavy atom. The number of hydrogen-bond acceptors (Lipinski definition) is 8. The number of nitrogens with zero attached hydrogens (tertiary/aromatic N) is 1. The molecule has 1 aromatic carbocycles. The summed E-state index contributed by atoms with van der Waals surface area (Å²) in [5.74, 6) is -2.60. The third-order valence-corrected chi connectivity index (χ3v) is 7.11. The summed E-state index contributed by atoms with van der Waals surface area (Å²) >= 11 is 5.46. The Hall–Kier alpha value is -3.49. The van der Waals surface area contributed by atoms with E-state index in [0.29, 0.717) is 11.4 Å². The maximum absolute atomic E-state index is 13.5. The highest BCUT2D eigenvalue weighted by atomic mass is 32.2. The summed E-state index contributed by atoms with van der Waals surface area (Å²) in [6, 6.07) is 3.31. The molecular weight excluding hydrogens is 542 g/mol.